The Morgan fingerprint density at radius 2 is 2.04 bits per heavy atom. The van der Waals surface area contributed by atoms with Gasteiger partial charge in [-0.25, -0.2) is 5.43 Å². The van der Waals surface area contributed by atoms with E-state index in [1.807, 2.05) is 30.3 Å². The third kappa shape index (κ3) is 3.80. The molecule has 1 saturated heterocycles. The van der Waals surface area contributed by atoms with Crippen molar-refractivity contribution < 1.29 is 14.7 Å². The fraction of sp³-hybridized carbons (Fsp3) is 0.167. The van der Waals surface area contributed by atoms with Crippen LogP contribution in [0, 0.1) is 5.92 Å². The first-order valence-electron chi connectivity index (χ1n) is 7.70. The third-order valence-electron chi connectivity index (χ3n) is 4.06. The van der Waals surface area contributed by atoms with Gasteiger partial charge in [0.05, 0.1) is 6.21 Å². The number of carbonyl (C=O) groups excluding carboxylic acids is 2. The maximum Gasteiger partial charge on any atom is 0.253 e. The highest BCUT2D eigenvalue weighted by Gasteiger charge is 2.40. The van der Waals surface area contributed by atoms with Crippen LogP contribution in [0.5, 0.6) is 5.75 Å². The summed E-state index contributed by atoms with van der Waals surface area (Å²) < 4.78 is 0. The molecule has 0 spiro atoms. The molecule has 1 aliphatic heterocycles. The summed E-state index contributed by atoms with van der Waals surface area (Å²) in [5, 5.41) is 16.7. The van der Waals surface area contributed by atoms with Crippen LogP contribution < -0.4 is 10.7 Å². The van der Waals surface area contributed by atoms with Crippen LogP contribution in [0.3, 0.4) is 0 Å². The quantitative estimate of drug-likeness (QED) is 0.444. The second kappa shape index (κ2) is 7.36. The van der Waals surface area contributed by atoms with Crippen LogP contribution in [0.25, 0.3) is 0 Å². The number of phenolic OH excluding ortho intramolecular Hbond substituents is 1. The van der Waals surface area contributed by atoms with Crippen molar-refractivity contribution in [2.45, 2.75) is 5.92 Å². The van der Waals surface area contributed by atoms with Crippen LogP contribution in [0.4, 0.5) is 0 Å². The third-order valence-corrected chi connectivity index (χ3v) is 4.29. The first kappa shape index (κ1) is 17.0. The van der Waals surface area contributed by atoms with Gasteiger partial charge in [-0.3, -0.25) is 9.59 Å². The van der Waals surface area contributed by atoms with Crippen LogP contribution >= 0.6 is 11.6 Å². The molecule has 0 saturated carbocycles. The van der Waals surface area contributed by atoms with Gasteiger partial charge in [0.2, 0.25) is 5.91 Å². The first-order valence-corrected chi connectivity index (χ1v) is 8.08. The lowest BCUT2D eigenvalue weighted by molar-refractivity contribution is -0.133. The normalized spacial score (nSPS) is 19.8. The van der Waals surface area contributed by atoms with Crippen molar-refractivity contribution in [2.75, 3.05) is 6.54 Å². The second-order valence-corrected chi connectivity index (χ2v) is 6.11. The van der Waals surface area contributed by atoms with Crippen molar-refractivity contribution in [1.82, 2.24) is 10.7 Å². The monoisotopic (exact) mass is 357 g/mol. The number of hydrazone groups is 1. The smallest absolute Gasteiger partial charge is 0.253 e. The predicted octanol–water partition coefficient (Wildman–Crippen LogP) is 2.03. The zero-order valence-electron chi connectivity index (χ0n) is 13.1. The highest BCUT2D eigenvalue weighted by atomic mass is 35.5. The first-order chi connectivity index (χ1) is 12.1. The van der Waals surface area contributed by atoms with E-state index in [0.29, 0.717) is 17.1 Å². The maximum atomic E-state index is 12.4. The van der Waals surface area contributed by atoms with Crippen molar-refractivity contribution in [3.8, 4) is 5.75 Å². The van der Waals surface area contributed by atoms with Crippen LogP contribution in [-0.2, 0) is 9.59 Å². The molecule has 1 fully saturated rings. The van der Waals surface area contributed by atoms with E-state index in [-0.39, 0.29) is 17.6 Å². The Bertz CT molecular complexity index is 824. The van der Waals surface area contributed by atoms with Gasteiger partial charge in [-0.15, -0.1) is 0 Å². The number of hydrogen-bond acceptors (Lipinski definition) is 4. The minimum absolute atomic E-state index is 0.0110. The molecule has 1 heterocycles. The predicted molar refractivity (Wildman–Crippen MR) is 94.5 cm³/mol. The molecule has 25 heavy (non-hydrogen) atoms. The van der Waals surface area contributed by atoms with Crippen LogP contribution in [0.15, 0.2) is 53.6 Å². The minimum Gasteiger partial charge on any atom is -0.507 e. The lowest BCUT2D eigenvalue weighted by Gasteiger charge is -2.15. The molecule has 2 atom stereocenters. The molecule has 2 aromatic carbocycles. The molecule has 2 unspecified atom stereocenters. The van der Waals surface area contributed by atoms with Crippen molar-refractivity contribution in [3.63, 3.8) is 0 Å². The zero-order chi connectivity index (χ0) is 17.8. The maximum absolute atomic E-state index is 12.4. The molecule has 0 radical (unpaired) electrons. The summed E-state index contributed by atoms with van der Waals surface area (Å²) in [6.07, 6.45) is 1.28. The molecule has 128 valence electrons. The molecule has 6 nitrogen and oxygen atoms in total. The lowest BCUT2D eigenvalue weighted by atomic mass is 9.88. The van der Waals surface area contributed by atoms with E-state index >= 15 is 0 Å². The average Bonchev–Trinajstić information content (AvgIpc) is 3.00. The Hall–Kier alpha value is -2.86. The van der Waals surface area contributed by atoms with Crippen molar-refractivity contribution in [3.05, 3.63) is 64.7 Å². The topological polar surface area (TPSA) is 90.8 Å². The SMILES string of the molecule is O=C1NCC(c2ccccc2)C1C(=O)NN=Cc1cc(Cl)ccc1O. The number of hydrogen-bond donors (Lipinski definition) is 3. The molecule has 3 rings (SSSR count). The summed E-state index contributed by atoms with van der Waals surface area (Å²) >= 11 is 5.85. The van der Waals surface area contributed by atoms with Gasteiger partial charge < -0.3 is 10.4 Å². The number of aromatic hydroxyl groups is 1. The Kier molecular flexibility index (Phi) is 5.00. The number of nitrogens with one attached hydrogen (secondary N) is 2. The fourth-order valence-electron chi connectivity index (χ4n) is 2.80. The summed E-state index contributed by atoms with van der Waals surface area (Å²) in [7, 11) is 0. The van der Waals surface area contributed by atoms with Crippen molar-refractivity contribution in [1.29, 1.82) is 0 Å². The van der Waals surface area contributed by atoms with Crippen LogP contribution in [-0.4, -0.2) is 29.7 Å². The highest BCUT2D eigenvalue weighted by molar-refractivity contribution is 6.30. The van der Waals surface area contributed by atoms with E-state index in [0.717, 1.165) is 5.56 Å². The molecule has 3 N–H and O–H groups in total. The summed E-state index contributed by atoms with van der Waals surface area (Å²) in [5.74, 6) is -1.94. The van der Waals surface area contributed by atoms with Gasteiger partial charge in [0.15, 0.2) is 0 Å². The van der Waals surface area contributed by atoms with Gasteiger partial charge in [0.1, 0.15) is 11.7 Å². The van der Waals surface area contributed by atoms with Crippen LogP contribution in [0.1, 0.15) is 17.0 Å². The van der Waals surface area contributed by atoms with E-state index in [1.165, 1.54) is 18.3 Å². The number of nitrogens with zero attached hydrogens (tertiary/aromatic N) is 1. The summed E-state index contributed by atoms with van der Waals surface area (Å²) in [6, 6.07) is 13.9. The summed E-state index contributed by atoms with van der Waals surface area (Å²) in [5.41, 5.74) is 3.64. The van der Waals surface area contributed by atoms with E-state index in [9.17, 15) is 14.7 Å². The van der Waals surface area contributed by atoms with E-state index in [1.54, 1.807) is 6.07 Å². The highest BCUT2D eigenvalue weighted by Crippen LogP contribution is 2.29. The zero-order valence-corrected chi connectivity index (χ0v) is 13.9. The van der Waals surface area contributed by atoms with Gasteiger partial charge in [-0.05, 0) is 23.8 Å². The van der Waals surface area contributed by atoms with Gasteiger partial charge in [0.25, 0.3) is 5.91 Å². The van der Waals surface area contributed by atoms with Gasteiger partial charge >= 0.3 is 0 Å². The molecule has 0 bridgehead atoms. The standard InChI is InChI=1S/C18H16ClN3O3/c19-13-6-7-15(23)12(8-13)9-21-22-18(25)16-14(10-20-17(16)24)11-4-2-1-3-5-11/h1-9,14,16,23H,10H2,(H,20,24)(H,22,25). The molecule has 1 aliphatic rings. The molecule has 2 amide bonds. The van der Waals surface area contributed by atoms with Crippen molar-refractivity contribution >= 4 is 29.6 Å². The Morgan fingerprint density at radius 1 is 1.28 bits per heavy atom. The second-order valence-electron chi connectivity index (χ2n) is 5.68. The molecular weight excluding hydrogens is 342 g/mol. The van der Waals surface area contributed by atoms with Crippen LogP contribution in [0.2, 0.25) is 5.02 Å². The number of rotatable bonds is 4. The number of amides is 2. The number of phenols is 1. The van der Waals surface area contributed by atoms with E-state index in [4.69, 9.17) is 11.6 Å². The Labute approximate surface area is 149 Å². The fourth-order valence-corrected chi connectivity index (χ4v) is 2.98. The minimum atomic E-state index is -0.854. The van der Waals surface area contributed by atoms with E-state index in [2.05, 4.69) is 15.8 Å². The van der Waals surface area contributed by atoms with Gasteiger partial charge in [0, 0.05) is 23.0 Å². The molecular formula is C18H16ClN3O3. The van der Waals surface area contributed by atoms with Gasteiger partial charge in [-0.2, -0.15) is 5.10 Å². The van der Waals surface area contributed by atoms with Gasteiger partial charge in [-0.1, -0.05) is 41.9 Å². The molecule has 0 aliphatic carbocycles. The Morgan fingerprint density at radius 3 is 2.80 bits per heavy atom. The van der Waals surface area contributed by atoms with E-state index < -0.39 is 11.8 Å². The number of benzene rings is 2. The Balaban J connectivity index is 1.72. The molecule has 2 aromatic rings. The summed E-state index contributed by atoms with van der Waals surface area (Å²) in [4.78, 5) is 24.5. The number of halogens is 1. The number of carbonyl (C=O) groups is 2. The largest absolute Gasteiger partial charge is 0.507 e. The molecule has 0 aromatic heterocycles. The average molecular weight is 358 g/mol. The molecule has 7 heteroatoms. The lowest BCUT2D eigenvalue weighted by Crippen LogP contribution is -2.34. The summed E-state index contributed by atoms with van der Waals surface area (Å²) in [6.45, 7) is 0.403. The van der Waals surface area contributed by atoms with Crippen molar-refractivity contribution in [2.24, 2.45) is 11.0 Å².